The molecule has 0 unspecified atom stereocenters. The number of hydrogen-bond acceptors (Lipinski definition) is 5. The van der Waals surface area contributed by atoms with Gasteiger partial charge in [0, 0.05) is 19.6 Å². The van der Waals surface area contributed by atoms with Crippen molar-refractivity contribution in [2.45, 2.75) is 37.0 Å². The lowest BCUT2D eigenvalue weighted by molar-refractivity contribution is -0.124. The fourth-order valence-corrected chi connectivity index (χ4v) is 5.53. The lowest BCUT2D eigenvalue weighted by Gasteiger charge is -2.21. The highest BCUT2D eigenvalue weighted by molar-refractivity contribution is 7.89. The zero-order valence-electron chi connectivity index (χ0n) is 18.1. The van der Waals surface area contributed by atoms with Crippen molar-refractivity contribution in [2.24, 2.45) is 0 Å². The van der Waals surface area contributed by atoms with E-state index in [0.29, 0.717) is 26.1 Å². The molecule has 1 aliphatic heterocycles. The largest absolute Gasteiger partial charge is 0.452 e. The van der Waals surface area contributed by atoms with Crippen LogP contribution in [0.3, 0.4) is 0 Å². The summed E-state index contributed by atoms with van der Waals surface area (Å²) in [6, 6.07) is 9.82. The molecule has 2 aromatic carbocycles. The van der Waals surface area contributed by atoms with Gasteiger partial charge < -0.3 is 10.1 Å². The number of amides is 1. The molecule has 33 heavy (non-hydrogen) atoms. The summed E-state index contributed by atoms with van der Waals surface area (Å²) in [5.74, 6) is -1.66. The Bertz CT molecular complexity index is 1080. The number of carbonyl (C=O) groups excluding carboxylic acids is 2. The van der Waals surface area contributed by atoms with Crippen LogP contribution in [0.1, 0.15) is 41.6 Å². The minimum absolute atomic E-state index is 0.00749. The van der Waals surface area contributed by atoms with Gasteiger partial charge in [-0.25, -0.2) is 17.6 Å². The molecule has 0 aliphatic carbocycles. The molecule has 0 spiro atoms. The lowest BCUT2D eigenvalue weighted by Crippen LogP contribution is -2.32. The normalized spacial score (nSPS) is 15.0. The number of esters is 1. The van der Waals surface area contributed by atoms with E-state index < -0.39 is 28.5 Å². The molecule has 0 radical (unpaired) electrons. The Hall–Kier alpha value is -2.49. The van der Waals surface area contributed by atoms with Crippen molar-refractivity contribution in [3.05, 3.63) is 64.4 Å². The van der Waals surface area contributed by atoms with E-state index in [1.54, 1.807) is 12.1 Å². The van der Waals surface area contributed by atoms with Crippen molar-refractivity contribution in [3.8, 4) is 0 Å². The summed E-state index contributed by atoms with van der Waals surface area (Å²) in [5.41, 5.74) is 0.847. The molecular weight excluding hydrogens is 471 g/mol. The summed E-state index contributed by atoms with van der Waals surface area (Å²) in [6.07, 6.45) is 3.98. The molecular formula is C23H26ClFN2O5S. The Morgan fingerprint density at radius 3 is 2.36 bits per heavy atom. The standard InChI is InChI=1S/C23H26ClFN2O5S/c24-20-10-7-18(15-21(20)33(30,31)27-13-3-1-2-4-14-27)23(29)32-16-22(28)26-12-11-17-5-8-19(25)9-6-17/h5-10,15H,1-4,11-14,16H2,(H,26,28). The van der Waals surface area contributed by atoms with Gasteiger partial charge in [-0.2, -0.15) is 4.31 Å². The number of nitrogens with zero attached hydrogens (tertiary/aromatic N) is 1. The zero-order valence-corrected chi connectivity index (χ0v) is 19.6. The van der Waals surface area contributed by atoms with E-state index in [1.165, 1.54) is 34.6 Å². The van der Waals surface area contributed by atoms with E-state index in [4.69, 9.17) is 16.3 Å². The summed E-state index contributed by atoms with van der Waals surface area (Å²) >= 11 is 6.15. The van der Waals surface area contributed by atoms with Crippen LogP contribution in [0.25, 0.3) is 0 Å². The summed E-state index contributed by atoms with van der Waals surface area (Å²) in [6.45, 7) is 0.594. The zero-order chi connectivity index (χ0) is 23.8. The molecule has 2 aromatic rings. The van der Waals surface area contributed by atoms with Crippen LogP contribution in [0.5, 0.6) is 0 Å². The van der Waals surface area contributed by atoms with Crippen LogP contribution in [0.4, 0.5) is 4.39 Å². The third-order valence-corrected chi connectivity index (χ3v) is 7.71. The summed E-state index contributed by atoms with van der Waals surface area (Å²) in [4.78, 5) is 24.2. The first kappa shape index (κ1) is 25.1. The number of ether oxygens (including phenoxy) is 1. The maximum absolute atomic E-state index is 13.1. The van der Waals surface area contributed by atoms with Crippen molar-refractivity contribution in [3.63, 3.8) is 0 Å². The van der Waals surface area contributed by atoms with Crippen molar-refractivity contribution in [2.75, 3.05) is 26.2 Å². The van der Waals surface area contributed by atoms with Gasteiger partial charge >= 0.3 is 5.97 Å². The third-order valence-electron chi connectivity index (χ3n) is 5.33. The van der Waals surface area contributed by atoms with Crippen LogP contribution in [0, 0.1) is 5.82 Å². The van der Waals surface area contributed by atoms with Crippen molar-refractivity contribution < 1.29 is 27.1 Å². The Morgan fingerprint density at radius 1 is 1.03 bits per heavy atom. The predicted molar refractivity (Wildman–Crippen MR) is 122 cm³/mol. The summed E-state index contributed by atoms with van der Waals surface area (Å²) in [5, 5.41) is 2.64. The topological polar surface area (TPSA) is 92.8 Å². The van der Waals surface area contributed by atoms with Gasteiger partial charge in [0.1, 0.15) is 10.7 Å². The molecule has 0 bridgehead atoms. The van der Waals surface area contributed by atoms with E-state index in [2.05, 4.69) is 5.32 Å². The predicted octanol–water partition coefficient (Wildman–Crippen LogP) is 3.56. The first-order valence-electron chi connectivity index (χ1n) is 10.8. The summed E-state index contributed by atoms with van der Waals surface area (Å²) < 4.78 is 45.5. The molecule has 0 aromatic heterocycles. The molecule has 1 saturated heterocycles. The molecule has 0 atom stereocenters. The van der Waals surface area contributed by atoms with Crippen LogP contribution >= 0.6 is 11.6 Å². The number of rotatable bonds is 8. The van der Waals surface area contributed by atoms with E-state index in [-0.39, 0.29) is 21.3 Å². The second kappa shape index (κ2) is 11.6. The lowest BCUT2D eigenvalue weighted by atomic mass is 10.1. The molecule has 178 valence electrons. The maximum Gasteiger partial charge on any atom is 0.338 e. The molecule has 7 nitrogen and oxygen atoms in total. The minimum atomic E-state index is -3.85. The number of carbonyl (C=O) groups is 2. The fraction of sp³-hybridized carbons (Fsp3) is 0.391. The molecule has 1 fully saturated rings. The molecule has 1 aliphatic rings. The number of hydrogen-bond donors (Lipinski definition) is 1. The SMILES string of the molecule is O=C(COC(=O)c1ccc(Cl)c(S(=O)(=O)N2CCCCCC2)c1)NCCc1ccc(F)cc1. The number of nitrogens with one attached hydrogen (secondary N) is 1. The van der Waals surface area contributed by atoms with E-state index in [9.17, 15) is 22.4 Å². The van der Waals surface area contributed by atoms with Gasteiger partial charge in [-0.05, 0) is 55.2 Å². The highest BCUT2D eigenvalue weighted by Crippen LogP contribution is 2.28. The minimum Gasteiger partial charge on any atom is -0.452 e. The Balaban J connectivity index is 1.56. The molecule has 10 heteroatoms. The van der Waals surface area contributed by atoms with E-state index in [0.717, 1.165) is 31.2 Å². The third kappa shape index (κ3) is 6.99. The number of sulfonamides is 1. The number of halogens is 2. The van der Waals surface area contributed by atoms with Crippen molar-refractivity contribution in [1.82, 2.24) is 9.62 Å². The first-order chi connectivity index (χ1) is 15.8. The first-order valence-corrected chi connectivity index (χ1v) is 12.6. The van der Waals surface area contributed by atoms with Gasteiger partial charge in [0.05, 0.1) is 10.6 Å². The van der Waals surface area contributed by atoms with Gasteiger partial charge in [0.25, 0.3) is 5.91 Å². The molecule has 1 amide bonds. The van der Waals surface area contributed by atoms with Crippen LogP contribution in [-0.2, 0) is 26.0 Å². The maximum atomic E-state index is 13.1. The molecule has 1 N–H and O–H groups in total. The van der Waals surface area contributed by atoms with Gasteiger partial charge in [0.2, 0.25) is 10.0 Å². The summed E-state index contributed by atoms with van der Waals surface area (Å²) in [7, 11) is -3.85. The highest BCUT2D eigenvalue weighted by Gasteiger charge is 2.28. The van der Waals surface area contributed by atoms with E-state index in [1.807, 2.05) is 0 Å². The Morgan fingerprint density at radius 2 is 1.70 bits per heavy atom. The van der Waals surface area contributed by atoms with Crippen molar-refractivity contribution in [1.29, 1.82) is 0 Å². The second-order valence-corrected chi connectivity index (χ2v) is 10.1. The van der Waals surface area contributed by atoms with Gasteiger partial charge in [-0.3, -0.25) is 4.79 Å². The molecule has 3 rings (SSSR count). The van der Waals surface area contributed by atoms with Gasteiger partial charge in [-0.15, -0.1) is 0 Å². The van der Waals surface area contributed by atoms with Crippen LogP contribution < -0.4 is 5.32 Å². The van der Waals surface area contributed by atoms with Crippen LogP contribution in [-0.4, -0.2) is 50.8 Å². The quantitative estimate of drug-likeness (QED) is 0.564. The highest BCUT2D eigenvalue weighted by atomic mass is 35.5. The smallest absolute Gasteiger partial charge is 0.338 e. The monoisotopic (exact) mass is 496 g/mol. The second-order valence-electron chi connectivity index (χ2n) is 7.77. The fourth-order valence-electron chi connectivity index (χ4n) is 3.51. The van der Waals surface area contributed by atoms with Gasteiger partial charge in [0.15, 0.2) is 6.61 Å². The molecule has 1 heterocycles. The Labute approximate surface area is 197 Å². The number of benzene rings is 2. The van der Waals surface area contributed by atoms with Crippen molar-refractivity contribution >= 4 is 33.5 Å². The average molecular weight is 497 g/mol. The average Bonchev–Trinajstić information content (AvgIpc) is 3.09. The Kier molecular flexibility index (Phi) is 8.82. The molecule has 0 saturated carbocycles. The van der Waals surface area contributed by atoms with Gasteiger partial charge in [-0.1, -0.05) is 36.6 Å². The van der Waals surface area contributed by atoms with Crippen LogP contribution in [0.15, 0.2) is 47.4 Å². The van der Waals surface area contributed by atoms with Crippen LogP contribution in [0.2, 0.25) is 5.02 Å². The van der Waals surface area contributed by atoms with E-state index >= 15 is 0 Å².